The molecule has 0 aromatic carbocycles. The summed E-state index contributed by atoms with van der Waals surface area (Å²) in [5, 5.41) is -0.311. The van der Waals surface area contributed by atoms with Crippen LogP contribution >= 0.6 is 0 Å². The van der Waals surface area contributed by atoms with Gasteiger partial charge in [0.15, 0.2) is 20.7 Å². The lowest BCUT2D eigenvalue weighted by Crippen LogP contribution is -2.02. The first-order chi connectivity index (χ1) is 5.41. The number of nitrogens with zero attached hydrogens (tertiary/aromatic N) is 1. The summed E-state index contributed by atoms with van der Waals surface area (Å²) in [6, 6.07) is 0.796. The molecule has 6 heteroatoms. The Hall–Kier alpha value is -1.17. The first-order valence-corrected chi connectivity index (χ1v) is 4.91. The van der Waals surface area contributed by atoms with Crippen LogP contribution in [0.3, 0.4) is 0 Å². The summed E-state index contributed by atoms with van der Waals surface area (Å²) in [6.07, 6.45) is 1.93. The van der Waals surface area contributed by atoms with Crippen LogP contribution in [0.1, 0.15) is 0 Å². The number of hydrogen-bond donors (Lipinski definition) is 1. The Morgan fingerprint density at radius 2 is 2.17 bits per heavy atom. The van der Waals surface area contributed by atoms with Gasteiger partial charge >= 0.3 is 0 Å². The molecular weight excluding hydrogens is 183 g/mol. The molecule has 0 atom stereocenters. The Balaban J connectivity index is 3.33. The monoisotopic (exact) mass is 190 g/mol. The second kappa shape index (κ2) is 2.71. The molecular formula is C6H7FN2O2S. The maximum absolute atomic E-state index is 12.7. The van der Waals surface area contributed by atoms with Gasteiger partial charge < -0.3 is 5.73 Å². The summed E-state index contributed by atoms with van der Waals surface area (Å²) < 4.78 is 34.3. The predicted octanol–water partition coefficient (Wildman–Crippen LogP) is 0.206. The summed E-state index contributed by atoms with van der Waals surface area (Å²) in [5.41, 5.74) is 4.94. The van der Waals surface area contributed by atoms with Gasteiger partial charge in [0.1, 0.15) is 0 Å². The summed E-state index contributed by atoms with van der Waals surface area (Å²) in [6.45, 7) is 0. The molecule has 0 bridgehead atoms. The topological polar surface area (TPSA) is 73.0 Å². The van der Waals surface area contributed by atoms with Crippen molar-refractivity contribution < 1.29 is 12.8 Å². The summed E-state index contributed by atoms with van der Waals surface area (Å²) >= 11 is 0. The average molecular weight is 190 g/mol. The molecule has 1 heterocycles. The number of sulfone groups is 1. The Kier molecular flexibility index (Phi) is 2.01. The zero-order valence-electron chi connectivity index (χ0n) is 6.28. The molecule has 0 aliphatic rings. The first kappa shape index (κ1) is 8.92. The Labute approximate surface area is 69.1 Å². The lowest BCUT2D eigenvalue weighted by Gasteiger charge is -1.98. The Morgan fingerprint density at radius 1 is 1.58 bits per heavy atom. The molecule has 0 saturated carbocycles. The number of anilines is 1. The third kappa shape index (κ3) is 1.70. The van der Waals surface area contributed by atoms with Gasteiger partial charge in [-0.25, -0.2) is 17.8 Å². The highest BCUT2D eigenvalue weighted by molar-refractivity contribution is 7.90. The van der Waals surface area contributed by atoms with Crippen molar-refractivity contribution in [2.24, 2.45) is 0 Å². The van der Waals surface area contributed by atoms with E-state index < -0.39 is 15.7 Å². The quantitative estimate of drug-likeness (QED) is 0.686. The second-order valence-corrected chi connectivity index (χ2v) is 4.28. The SMILES string of the molecule is CS(=O)(=O)c1cc(F)c(N)cn1. The molecule has 0 saturated heterocycles. The van der Waals surface area contributed by atoms with Crippen LogP contribution in [0.2, 0.25) is 0 Å². The first-order valence-electron chi connectivity index (χ1n) is 3.02. The largest absolute Gasteiger partial charge is 0.395 e. The van der Waals surface area contributed by atoms with Crippen molar-refractivity contribution in [2.75, 3.05) is 12.0 Å². The van der Waals surface area contributed by atoms with Gasteiger partial charge in [-0.2, -0.15) is 0 Å². The van der Waals surface area contributed by atoms with Gasteiger partial charge in [0, 0.05) is 12.3 Å². The molecule has 0 amide bonds. The van der Waals surface area contributed by atoms with Crippen molar-refractivity contribution in [1.29, 1.82) is 0 Å². The van der Waals surface area contributed by atoms with Crippen LogP contribution in [0, 0.1) is 5.82 Å². The fraction of sp³-hybridized carbons (Fsp3) is 0.167. The number of nitrogens with two attached hydrogens (primary N) is 1. The minimum atomic E-state index is -3.45. The zero-order chi connectivity index (χ0) is 9.35. The molecule has 1 rings (SSSR count). The van der Waals surface area contributed by atoms with Crippen molar-refractivity contribution in [1.82, 2.24) is 4.98 Å². The van der Waals surface area contributed by atoms with E-state index in [4.69, 9.17) is 5.73 Å². The van der Waals surface area contributed by atoms with Crippen molar-refractivity contribution in [3.8, 4) is 0 Å². The number of pyridine rings is 1. The van der Waals surface area contributed by atoms with Crippen LogP contribution in [0.4, 0.5) is 10.1 Å². The zero-order valence-corrected chi connectivity index (χ0v) is 7.10. The van der Waals surface area contributed by atoms with Crippen molar-refractivity contribution >= 4 is 15.5 Å². The molecule has 0 aliphatic carbocycles. The number of aromatic nitrogens is 1. The van der Waals surface area contributed by atoms with Crippen molar-refractivity contribution in [2.45, 2.75) is 5.03 Å². The van der Waals surface area contributed by atoms with Crippen LogP contribution in [0.15, 0.2) is 17.3 Å². The van der Waals surface area contributed by atoms with Crippen LogP contribution in [-0.4, -0.2) is 19.7 Å². The highest BCUT2D eigenvalue weighted by Gasteiger charge is 2.10. The molecule has 2 N–H and O–H groups in total. The summed E-state index contributed by atoms with van der Waals surface area (Å²) in [4.78, 5) is 3.46. The van der Waals surface area contributed by atoms with Crippen molar-refractivity contribution in [3.63, 3.8) is 0 Å². The van der Waals surface area contributed by atoms with Gasteiger partial charge in [-0.05, 0) is 0 Å². The molecule has 1 aromatic heterocycles. The van der Waals surface area contributed by atoms with Gasteiger partial charge in [0.25, 0.3) is 0 Å². The van der Waals surface area contributed by atoms with Crippen LogP contribution < -0.4 is 5.73 Å². The minimum Gasteiger partial charge on any atom is -0.395 e. The van der Waals surface area contributed by atoms with E-state index in [2.05, 4.69) is 4.98 Å². The molecule has 1 aromatic rings. The maximum atomic E-state index is 12.7. The van der Waals surface area contributed by atoms with E-state index in [9.17, 15) is 12.8 Å². The number of nitrogen functional groups attached to an aromatic ring is 1. The Morgan fingerprint density at radius 3 is 2.58 bits per heavy atom. The van der Waals surface area contributed by atoms with Crippen LogP contribution in [0.5, 0.6) is 0 Å². The summed E-state index contributed by atoms with van der Waals surface area (Å²) in [7, 11) is -3.45. The van der Waals surface area contributed by atoms with Crippen LogP contribution in [0.25, 0.3) is 0 Å². The predicted molar refractivity (Wildman–Crippen MR) is 41.7 cm³/mol. The van der Waals surface area contributed by atoms with E-state index in [1.165, 1.54) is 0 Å². The van der Waals surface area contributed by atoms with Gasteiger partial charge in [0.2, 0.25) is 0 Å². The lowest BCUT2D eigenvalue weighted by atomic mass is 10.4. The van der Waals surface area contributed by atoms with Gasteiger partial charge in [-0.3, -0.25) is 0 Å². The molecule has 0 radical (unpaired) electrons. The smallest absolute Gasteiger partial charge is 0.192 e. The third-order valence-electron chi connectivity index (χ3n) is 1.24. The molecule has 0 aliphatic heterocycles. The van der Waals surface area contributed by atoms with Gasteiger partial charge in [0.05, 0.1) is 11.9 Å². The van der Waals surface area contributed by atoms with E-state index in [1.54, 1.807) is 0 Å². The second-order valence-electron chi connectivity index (χ2n) is 2.32. The van der Waals surface area contributed by atoms with E-state index in [-0.39, 0.29) is 10.7 Å². The van der Waals surface area contributed by atoms with E-state index in [0.29, 0.717) is 0 Å². The van der Waals surface area contributed by atoms with E-state index in [0.717, 1.165) is 18.5 Å². The Bertz CT molecular complexity index is 402. The fourth-order valence-corrected chi connectivity index (χ4v) is 1.19. The molecule has 4 nitrogen and oxygen atoms in total. The average Bonchev–Trinajstić information content (AvgIpc) is 1.92. The molecule has 12 heavy (non-hydrogen) atoms. The molecule has 0 spiro atoms. The highest BCUT2D eigenvalue weighted by atomic mass is 32.2. The number of halogens is 1. The van der Waals surface area contributed by atoms with Gasteiger partial charge in [-0.15, -0.1) is 0 Å². The normalized spacial score (nSPS) is 11.5. The number of rotatable bonds is 1. The van der Waals surface area contributed by atoms with E-state index in [1.807, 2.05) is 0 Å². The van der Waals surface area contributed by atoms with Crippen LogP contribution in [-0.2, 0) is 9.84 Å². The molecule has 0 fully saturated rings. The highest BCUT2D eigenvalue weighted by Crippen LogP contribution is 2.12. The standard InChI is InChI=1S/C6H7FN2O2S/c1-12(10,11)6-2-4(7)5(8)3-9-6/h2-3H,8H2,1H3. The lowest BCUT2D eigenvalue weighted by molar-refractivity contribution is 0.591. The third-order valence-corrected chi connectivity index (χ3v) is 2.22. The summed E-state index contributed by atoms with van der Waals surface area (Å²) in [5.74, 6) is -0.773. The molecule has 66 valence electrons. The van der Waals surface area contributed by atoms with Crippen molar-refractivity contribution in [3.05, 3.63) is 18.1 Å². The number of hydrogen-bond acceptors (Lipinski definition) is 4. The molecule has 0 unspecified atom stereocenters. The van der Waals surface area contributed by atoms with Gasteiger partial charge in [-0.1, -0.05) is 0 Å². The minimum absolute atomic E-state index is 0.164. The maximum Gasteiger partial charge on any atom is 0.192 e. The van der Waals surface area contributed by atoms with E-state index >= 15 is 0 Å². The fourth-order valence-electron chi connectivity index (χ4n) is 0.627.